The lowest BCUT2D eigenvalue weighted by Gasteiger charge is -2.42. The number of rotatable bonds is 3. The minimum atomic E-state index is -0.0731. The summed E-state index contributed by atoms with van der Waals surface area (Å²) >= 11 is 0. The number of nitrogens with zero attached hydrogens (tertiary/aromatic N) is 4. The Labute approximate surface area is 250 Å². The molecule has 0 fully saturated rings. The van der Waals surface area contributed by atoms with Crippen molar-refractivity contribution in [1.29, 1.82) is 5.26 Å². The summed E-state index contributed by atoms with van der Waals surface area (Å²) in [6.45, 7) is 4.63. The molecule has 0 N–H and O–H groups in total. The van der Waals surface area contributed by atoms with Gasteiger partial charge in [0.15, 0.2) is 0 Å². The van der Waals surface area contributed by atoms with Crippen LogP contribution in [0.25, 0.3) is 38.6 Å². The lowest BCUT2D eigenvalue weighted by Crippen LogP contribution is -2.30. The fraction of sp³-hybridized carbons (Fsp3) is 0.0769. The van der Waals surface area contributed by atoms with E-state index in [0.717, 1.165) is 38.7 Å². The standard InChI is InChI=1S/C39H28N4/c1-39(2)33-7-3-5-9-37(33)43(38-10-6-4-8-34(38)39)30-18-14-28(15-19-30)27-12-16-29(17-13-27)42-35-20-11-26(24-40)23-31(35)32-25-41-22-21-36(32)42/h3-23,25H,1-2H3. The first-order valence-corrected chi connectivity index (χ1v) is 14.5. The molecule has 8 rings (SSSR count). The summed E-state index contributed by atoms with van der Waals surface area (Å²) in [7, 11) is 0. The van der Waals surface area contributed by atoms with Gasteiger partial charge >= 0.3 is 0 Å². The molecule has 204 valence electrons. The van der Waals surface area contributed by atoms with Gasteiger partial charge in [0.1, 0.15) is 0 Å². The van der Waals surface area contributed by atoms with Crippen molar-refractivity contribution in [1.82, 2.24) is 9.55 Å². The molecule has 1 aliphatic heterocycles. The number of hydrogen-bond donors (Lipinski definition) is 0. The van der Waals surface area contributed by atoms with E-state index in [1.165, 1.54) is 28.1 Å². The van der Waals surface area contributed by atoms with Crippen molar-refractivity contribution in [2.24, 2.45) is 0 Å². The second kappa shape index (κ2) is 9.44. The summed E-state index contributed by atoms with van der Waals surface area (Å²) in [6.07, 6.45) is 3.70. The summed E-state index contributed by atoms with van der Waals surface area (Å²) < 4.78 is 2.24. The Bertz CT molecular complexity index is 2160. The Balaban J connectivity index is 1.17. The van der Waals surface area contributed by atoms with E-state index in [9.17, 15) is 5.26 Å². The van der Waals surface area contributed by atoms with Crippen LogP contribution in [0.4, 0.5) is 17.1 Å². The number of benzene rings is 5. The van der Waals surface area contributed by atoms with E-state index in [0.29, 0.717) is 5.56 Å². The molecule has 2 aromatic heterocycles. The van der Waals surface area contributed by atoms with Crippen LogP contribution in [0.15, 0.2) is 134 Å². The van der Waals surface area contributed by atoms with Crippen LogP contribution < -0.4 is 4.90 Å². The summed E-state index contributed by atoms with van der Waals surface area (Å²) in [4.78, 5) is 6.74. The summed E-state index contributed by atoms with van der Waals surface area (Å²) in [5.74, 6) is 0. The fourth-order valence-electron chi connectivity index (χ4n) is 6.77. The van der Waals surface area contributed by atoms with E-state index in [1.54, 1.807) is 0 Å². The van der Waals surface area contributed by atoms with Crippen LogP contribution in [0, 0.1) is 11.3 Å². The predicted molar refractivity (Wildman–Crippen MR) is 176 cm³/mol. The van der Waals surface area contributed by atoms with E-state index in [1.807, 2.05) is 36.7 Å². The van der Waals surface area contributed by atoms with E-state index in [-0.39, 0.29) is 5.41 Å². The molecule has 5 aromatic carbocycles. The Morgan fingerprint density at radius 1 is 0.628 bits per heavy atom. The highest BCUT2D eigenvalue weighted by Crippen LogP contribution is 2.51. The van der Waals surface area contributed by atoms with Crippen LogP contribution in [0.3, 0.4) is 0 Å². The van der Waals surface area contributed by atoms with Gasteiger partial charge < -0.3 is 9.47 Å². The molecule has 43 heavy (non-hydrogen) atoms. The van der Waals surface area contributed by atoms with Crippen molar-refractivity contribution in [3.8, 4) is 22.9 Å². The van der Waals surface area contributed by atoms with E-state index < -0.39 is 0 Å². The molecule has 0 saturated heterocycles. The van der Waals surface area contributed by atoms with Gasteiger partial charge in [0.05, 0.1) is 34.0 Å². The Morgan fingerprint density at radius 3 is 1.84 bits per heavy atom. The SMILES string of the molecule is CC1(C)c2ccccc2N(c2ccc(-c3ccc(-n4c5ccncc5c5cc(C#N)ccc54)cc3)cc2)c2ccccc21. The minimum absolute atomic E-state index is 0.0731. The molecule has 0 unspecified atom stereocenters. The maximum absolute atomic E-state index is 9.46. The quantitative estimate of drug-likeness (QED) is 0.219. The van der Waals surface area contributed by atoms with Crippen molar-refractivity contribution < 1.29 is 0 Å². The molecular weight excluding hydrogens is 524 g/mol. The van der Waals surface area contributed by atoms with Crippen molar-refractivity contribution in [3.05, 3.63) is 150 Å². The van der Waals surface area contributed by atoms with Gasteiger partial charge in [0.25, 0.3) is 0 Å². The van der Waals surface area contributed by atoms with Crippen molar-refractivity contribution in [3.63, 3.8) is 0 Å². The van der Waals surface area contributed by atoms with E-state index in [4.69, 9.17) is 0 Å². The molecular formula is C39H28N4. The Kier molecular flexibility index (Phi) is 5.51. The molecule has 0 spiro atoms. The molecule has 0 amide bonds. The van der Waals surface area contributed by atoms with Gasteiger partial charge in [-0.1, -0.05) is 74.5 Å². The second-order valence-corrected chi connectivity index (χ2v) is 11.7. The highest BCUT2D eigenvalue weighted by Gasteiger charge is 2.36. The lowest BCUT2D eigenvalue weighted by atomic mass is 9.73. The average Bonchev–Trinajstić information content (AvgIpc) is 3.39. The molecule has 7 aromatic rings. The molecule has 0 radical (unpaired) electrons. The maximum Gasteiger partial charge on any atom is 0.0991 e. The normalized spacial score (nSPS) is 13.5. The van der Waals surface area contributed by atoms with Gasteiger partial charge in [-0.2, -0.15) is 5.26 Å². The molecule has 0 bridgehead atoms. The highest BCUT2D eigenvalue weighted by molar-refractivity contribution is 6.09. The first kappa shape index (κ1) is 25.1. The largest absolute Gasteiger partial charge is 0.310 e. The monoisotopic (exact) mass is 552 g/mol. The first-order chi connectivity index (χ1) is 21.0. The number of anilines is 3. The topological polar surface area (TPSA) is 44.9 Å². The third-order valence-corrected chi connectivity index (χ3v) is 8.92. The van der Waals surface area contributed by atoms with Crippen LogP contribution in [-0.2, 0) is 5.41 Å². The van der Waals surface area contributed by atoms with Crippen LogP contribution in [0.1, 0.15) is 30.5 Å². The van der Waals surface area contributed by atoms with Crippen LogP contribution in [0.5, 0.6) is 0 Å². The van der Waals surface area contributed by atoms with Gasteiger partial charge in [0, 0.05) is 40.0 Å². The predicted octanol–water partition coefficient (Wildman–Crippen LogP) is 9.83. The maximum atomic E-state index is 9.46. The van der Waals surface area contributed by atoms with Crippen molar-refractivity contribution in [2.45, 2.75) is 19.3 Å². The third-order valence-electron chi connectivity index (χ3n) is 8.92. The van der Waals surface area contributed by atoms with Gasteiger partial charge in [-0.05, 0) is 82.9 Å². The molecule has 4 heteroatoms. The van der Waals surface area contributed by atoms with Crippen molar-refractivity contribution in [2.75, 3.05) is 4.90 Å². The van der Waals surface area contributed by atoms with E-state index in [2.05, 4.69) is 131 Å². The third kappa shape index (κ3) is 3.79. The number of hydrogen-bond acceptors (Lipinski definition) is 3. The number of nitriles is 1. The molecule has 3 heterocycles. The van der Waals surface area contributed by atoms with E-state index >= 15 is 0 Å². The zero-order chi connectivity index (χ0) is 29.1. The minimum Gasteiger partial charge on any atom is -0.310 e. The summed E-state index contributed by atoms with van der Waals surface area (Å²) in [6, 6.07) is 45.2. The lowest BCUT2D eigenvalue weighted by molar-refractivity contribution is 0.632. The van der Waals surface area contributed by atoms with Gasteiger partial charge in [-0.3, -0.25) is 4.98 Å². The average molecular weight is 553 g/mol. The van der Waals surface area contributed by atoms with Crippen molar-refractivity contribution >= 4 is 38.9 Å². The zero-order valence-corrected chi connectivity index (χ0v) is 24.0. The summed E-state index contributed by atoms with van der Waals surface area (Å²) in [5.41, 5.74) is 12.4. The Hall–Kier alpha value is -5.66. The van der Waals surface area contributed by atoms with Gasteiger partial charge in [-0.15, -0.1) is 0 Å². The zero-order valence-electron chi connectivity index (χ0n) is 24.0. The van der Waals surface area contributed by atoms with Gasteiger partial charge in [-0.25, -0.2) is 0 Å². The number of pyridine rings is 1. The van der Waals surface area contributed by atoms with Gasteiger partial charge in [0.2, 0.25) is 0 Å². The summed E-state index contributed by atoms with van der Waals surface area (Å²) in [5, 5.41) is 11.5. The number of para-hydroxylation sites is 2. The Morgan fingerprint density at radius 2 is 1.21 bits per heavy atom. The van der Waals surface area contributed by atoms with Crippen LogP contribution >= 0.6 is 0 Å². The molecule has 0 aliphatic carbocycles. The second-order valence-electron chi connectivity index (χ2n) is 11.7. The highest BCUT2D eigenvalue weighted by atomic mass is 15.2. The molecule has 4 nitrogen and oxygen atoms in total. The fourth-order valence-corrected chi connectivity index (χ4v) is 6.77. The number of aromatic nitrogens is 2. The van der Waals surface area contributed by atoms with Crippen LogP contribution in [-0.4, -0.2) is 9.55 Å². The van der Waals surface area contributed by atoms with Crippen LogP contribution in [0.2, 0.25) is 0 Å². The molecule has 0 atom stereocenters. The first-order valence-electron chi connectivity index (χ1n) is 14.5. The smallest absolute Gasteiger partial charge is 0.0991 e. The molecule has 0 saturated carbocycles. The molecule has 1 aliphatic rings. The number of fused-ring (bicyclic) bond motifs is 5.